The molecule has 104 valence electrons. The van der Waals surface area contributed by atoms with E-state index in [0.717, 1.165) is 22.9 Å². The summed E-state index contributed by atoms with van der Waals surface area (Å²) in [6.07, 6.45) is 7.62. The van der Waals surface area contributed by atoms with E-state index in [-0.39, 0.29) is 5.97 Å². The van der Waals surface area contributed by atoms with E-state index in [9.17, 15) is 4.79 Å². The Kier molecular flexibility index (Phi) is 4.01. The molecule has 1 aromatic carbocycles. The fraction of sp³-hybridized carbons (Fsp3) is 0.375. The van der Waals surface area contributed by atoms with Gasteiger partial charge in [-0.2, -0.15) is 0 Å². The van der Waals surface area contributed by atoms with Gasteiger partial charge in [-0.3, -0.25) is 0 Å². The van der Waals surface area contributed by atoms with E-state index in [1.165, 1.54) is 19.3 Å². The first-order valence-electron chi connectivity index (χ1n) is 7.00. The van der Waals surface area contributed by atoms with Crippen molar-refractivity contribution < 1.29 is 9.53 Å². The summed E-state index contributed by atoms with van der Waals surface area (Å²) in [4.78, 5) is 16.3. The third-order valence-corrected chi connectivity index (χ3v) is 4.24. The SMILES string of the molecule is O=C1OC(C2CCCCC2)=N/C1=C/c1cccc(Br)c1. The lowest BCUT2D eigenvalue weighted by molar-refractivity contribution is -0.130. The Morgan fingerprint density at radius 3 is 2.80 bits per heavy atom. The van der Waals surface area contributed by atoms with Crippen LogP contribution in [-0.4, -0.2) is 11.9 Å². The molecule has 3 nitrogen and oxygen atoms in total. The lowest BCUT2D eigenvalue weighted by Gasteiger charge is -2.19. The molecule has 1 aliphatic carbocycles. The van der Waals surface area contributed by atoms with Gasteiger partial charge < -0.3 is 4.74 Å². The molecule has 1 saturated carbocycles. The predicted octanol–water partition coefficient (Wildman–Crippen LogP) is 4.33. The number of carbonyl (C=O) groups is 1. The monoisotopic (exact) mass is 333 g/mol. The summed E-state index contributed by atoms with van der Waals surface area (Å²) in [7, 11) is 0. The molecule has 1 aromatic rings. The van der Waals surface area contributed by atoms with E-state index in [1.54, 1.807) is 6.08 Å². The molecule has 0 bridgehead atoms. The summed E-state index contributed by atoms with van der Waals surface area (Å²) >= 11 is 3.42. The van der Waals surface area contributed by atoms with Gasteiger partial charge in [0, 0.05) is 10.4 Å². The quantitative estimate of drug-likeness (QED) is 0.597. The van der Waals surface area contributed by atoms with E-state index >= 15 is 0 Å². The molecule has 4 heteroatoms. The molecule has 20 heavy (non-hydrogen) atoms. The van der Waals surface area contributed by atoms with Gasteiger partial charge in [0.2, 0.25) is 5.90 Å². The average molecular weight is 334 g/mol. The number of hydrogen-bond donors (Lipinski definition) is 0. The molecular weight excluding hydrogens is 318 g/mol. The summed E-state index contributed by atoms with van der Waals surface area (Å²) < 4.78 is 6.33. The zero-order chi connectivity index (χ0) is 13.9. The van der Waals surface area contributed by atoms with Gasteiger partial charge in [0.1, 0.15) is 0 Å². The van der Waals surface area contributed by atoms with Crippen LogP contribution < -0.4 is 0 Å². The van der Waals surface area contributed by atoms with Crippen molar-refractivity contribution in [2.24, 2.45) is 10.9 Å². The fourth-order valence-electron chi connectivity index (χ4n) is 2.70. The number of nitrogens with zero attached hydrogens (tertiary/aromatic N) is 1. The maximum absolute atomic E-state index is 11.9. The van der Waals surface area contributed by atoms with Crippen molar-refractivity contribution in [2.45, 2.75) is 32.1 Å². The molecule has 0 radical (unpaired) electrons. The second kappa shape index (κ2) is 5.92. The van der Waals surface area contributed by atoms with Crippen molar-refractivity contribution in [3.05, 3.63) is 40.0 Å². The normalized spacial score (nSPS) is 21.9. The first-order chi connectivity index (χ1) is 9.72. The standard InChI is InChI=1S/C16H16BrNO2/c17-13-8-4-5-11(9-13)10-14-16(19)20-15(18-14)12-6-2-1-3-7-12/h4-5,8-10,12H,1-3,6-7H2/b14-10+. The summed E-state index contributed by atoms with van der Waals surface area (Å²) in [6, 6.07) is 7.78. The molecule has 0 atom stereocenters. The molecule has 0 amide bonds. The number of hydrogen-bond acceptors (Lipinski definition) is 3. The zero-order valence-electron chi connectivity index (χ0n) is 11.1. The largest absolute Gasteiger partial charge is 0.406 e. The second-order valence-electron chi connectivity index (χ2n) is 5.26. The van der Waals surface area contributed by atoms with E-state index in [2.05, 4.69) is 20.9 Å². The first-order valence-corrected chi connectivity index (χ1v) is 7.80. The van der Waals surface area contributed by atoms with E-state index in [0.29, 0.717) is 17.5 Å². The molecule has 0 aromatic heterocycles. The Balaban J connectivity index is 1.82. The van der Waals surface area contributed by atoms with E-state index in [1.807, 2.05) is 24.3 Å². The van der Waals surface area contributed by atoms with Gasteiger partial charge in [-0.05, 0) is 36.6 Å². The molecule has 3 rings (SSSR count). The Hall–Kier alpha value is -1.42. The lowest BCUT2D eigenvalue weighted by atomic mass is 9.89. The molecule has 2 aliphatic rings. The number of halogens is 1. The number of aliphatic imine (C=N–C) groups is 1. The molecule has 0 N–H and O–H groups in total. The van der Waals surface area contributed by atoms with Crippen molar-refractivity contribution in [1.29, 1.82) is 0 Å². The molecule has 0 unspecified atom stereocenters. The summed E-state index contributed by atoms with van der Waals surface area (Å²) in [5.74, 6) is 0.614. The lowest BCUT2D eigenvalue weighted by Crippen LogP contribution is -2.19. The molecule has 1 fully saturated rings. The van der Waals surface area contributed by atoms with Crippen LogP contribution in [-0.2, 0) is 9.53 Å². The number of esters is 1. The highest BCUT2D eigenvalue weighted by molar-refractivity contribution is 9.10. The van der Waals surface area contributed by atoms with Gasteiger partial charge in [0.05, 0.1) is 0 Å². The van der Waals surface area contributed by atoms with E-state index in [4.69, 9.17) is 4.74 Å². The van der Waals surface area contributed by atoms with Crippen molar-refractivity contribution in [2.75, 3.05) is 0 Å². The summed E-state index contributed by atoms with van der Waals surface area (Å²) in [6.45, 7) is 0. The highest BCUT2D eigenvalue weighted by Gasteiger charge is 2.29. The van der Waals surface area contributed by atoms with E-state index < -0.39 is 0 Å². The van der Waals surface area contributed by atoms with Crippen LogP contribution in [0.1, 0.15) is 37.7 Å². The number of benzene rings is 1. The first kappa shape index (κ1) is 13.6. The number of carbonyl (C=O) groups excluding carboxylic acids is 1. The number of rotatable bonds is 2. The Morgan fingerprint density at radius 1 is 1.25 bits per heavy atom. The molecule has 0 spiro atoms. The van der Waals surface area contributed by atoms with Crippen molar-refractivity contribution in [1.82, 2.24) is 0 Å². The third-order valence-electron chi connectivity index (χ3n) is 3.74. The van der Waals surface area contributed by atoms with Gasteiger partial charge in [-0.15, -0.1) is 0 Å². The third kappa shape index (κ3) is 3.01. The highest BCUT2D eigenvalue weighted by Crippen LogP contribution is 2.29. The number of cyclic esters (lactones) is 1. The van der Waals surface area contributed by atoms with Crippen LogP contribution in [0.2, 0.25) is 0 Å². The maximum Gasteiger partial charge on any atom is 0.363 e. The second-order valence-corrected chi connectivity index (χ2v) is 6.17. The van der Waals surface area contributed by atoms with Crippen LogP contribution in [0.5, 0.6) is 0 Å². The van der Waals surface area contributed by atoms with Crippen LogP contribution in [0.4, 0.5) is 0 Å². The molecule has 1 heterocycles. The van der Waals surface area contributed by atoms with Gasteiger partial charge in [0.25, 0.3) is 0 Å². The smallest absolute Gasteiger partial charge is 0.363 e. The minimum absolute atomic E-state index is 0.320. The molecule has 1 aliphatic heterocycles. The highest BCUT2D eigenvalue weighted by atomic mass is 79.9. The summed E-state index contributed by atoms with van der Waals surface area (Å²) in [5, 5.41) is 0. The Morgan fingerprint density at radius 2 is 2.05 bits per heavy atom. The van der Waals surface area contributed by atoms with Crippen molar-refractivity contribution in [3.63, 3.8) is 0 Å². The van der Waals surface area contributed by atoms with Gasteiger partial charge in [-0.1, -0.05) is 47.3 Å². The molecular formula is C16H16BrNO2. The van der Waals surface area contributed by atoms with Gasteiger partial charge in [0.15, 0.2) is 5.70 Å². The van der Waals surface area contributed by atoms with Crippen LogP contribution in [0, 0.1) is 5.92 Å². The summed E-state index contributed by atoms with van der Waals surface area (Å²) in [5.41, 5.74) is 1.35. The van der Waals surface area contributed by atoms with Crippen molar-refractivity contribution in [3.8, 4) is 0 Å². The van der Waals surface area contributed by atoms with Crippen molar-refractivity contribution >= 4 is 33.9 Å². The minimum Gasteiger partial charge on any atom is -0.406 e. The van der Waals surface area contributed by atoms with Crippen LogP contribution in [0.25, 0.3) is 6.08 Å². The Labute approximate surface area is 126 Å². The number of ether oxygens (including phenoxy) is 1. The maximum atomic E-state index is 11.9. The minimum atomic E-state index is -0.328. The topological polar surface area (TPSA) is 38.7 Å². The van der Waals surface area contributed by atoms with Gasteiger partial charge >= 0.3 is 5.97 Å². The van der Waals surface area contributed by atoms with Crippen LogP contribution in [0.15, 0.2) is 39.4 Å². The average Bonchev–Trinajstić information content (AvgIpc) is 2.81. The zero-order valence-corrected chi connectivity index (χ0v) is 12.7. The van der Waals surface area contributed by atoms with Crippen LogP contribution >= 0.6 is 15.9 Å². The van der Waals surface area contributed by atoms with Crippen LogP contribution in [0.3, 0.4) is 0 Å². The van der Waals surface area contributed by atoms with Gasteiger partial charge in [-0.25, -0.2) is 9.79 Å². The molecule has 0 saturated heterocycles. The Bertz CT molecular complexity index is 586. The fourth-order valence-corrected chi connectivity index (χ4v) is 3.12. The predicted molar refractivity (Wildman–Crippen MR) is 82.2 cm³/mol.